The van der Waals surface area contributed by atoms with Crippen LogP contribution in [0, 0.1) is 5.92 Å². The highest BCUT2D eigenvalue weighted by Crippen LogP contribution is 2.37. The number of hydrogen-bond acceptors (Lipinski definition) is 1. The van der Waals surface area contributed by atoms with Crippen molar-refractivity contribution in [1.82, 2.24) is 0 Å². The Morgan fingerprint density at radius 2 is 1.89 bits per heavy atom. The molecule has 0 atom stereocenters. The average molecular weight is 265 g/mol. The highest BCUT2D eigenvalue weighted by molar-refractivity contribution is 6.32. The Morgan fingerprint density at radius 1 is 1.22 bits per heavy atom. The summed E-state index contributed by atoms with van der Waals surface area (Å²) in [4.78, 5) is 11.0. The Morgan fingerprint density at radius 3 is 2.50 bits per heavy atom. The molecule has 0 unspecified atom stereocenters. The number of allylic oxidation sites excluding steroid dienone is 1. The van der Waals surface area contributed by atoms with E-state index >= 15 is 0 Å². The maximum Gasteiger partial charge on any atom is 0.328 e. The van der Waals surface area contributed by atoms with Crippen molar-refractivity contribution in [3.63, 3.8) is 0 Å². The van der Waals surface area contributed by atoms with Crippen LogP contribution >= 0.6 is 11.6 Å². The molecule has 1 aliphatic carbocycles. The highest BCUT2D eigenvalue weighted by Gasteiger charge is 2.21. The zero-order chi connectivity index (χ0) is 13.0. The Hall–Kier alpha value is -1.28. The van der Waals surface area contributed by atoms with Crippen LogP contribution in [0.3, 0.4) is 0 Å². The number of carboxylic acid groups (broad SMARTS) is 1. The molecule has 2 nitrogen and oxygen atoms in total. The standard InChI is InChI=1S/C15H17ClO2/c16-14-9-5-4-8-12(14)13(10-15(17)18)11-6-2-1-3-7-11/h4-5,8-11H,1-3,6-7H2,(H,17,18)/b13-10+. The molecule has 1 N–H and O–H groups in total. The minimum atomic E-state index is -0.893. The first-order valence-corrected chi connectivity index (χ1v) is 6.75. The summed E-state index contributed by atoms with van der Waals surface area (Å²) >= 11 is 6.19. The molecule has 3 heteroatoms. The van der Waals surface area contributed by atoms with E-state index in [1.54, 1.807) is 0 Å². The number of rotatable bonds is 3. The normalized spacial score (nSPS) is 17.7. The van der Waals surface area contributed by atoms with Crippen molar-refractivity contribution in [2.75, 3.05) is 0 Å². The minimum absolute atomic E-state index is 0.328. The van der Waals surface area contributed by atoms with E-state index in [0.717, 1.165) is 24.0 Å². The Bertz CT molecular complexity index is 459. The quantitative estimate of drug-likeness (QED) is 0.822. The van der Waals surface area contributed by atoms with E-state index in [2.05, 4.69) is 0 Å². The van der Waals surface area contributed by atoms with Gasteiger partial charge in [-0.25, -0.2) is 4.79 Å². The molecule has 1 fully saturated rings. The zero-order valence-corrected chi connectivity index (χ0v) is 11.0. The third-order valence-electron chi connectivity index (χ3n) is 3.51. The molecule has 1 aromatic rings. The van der Waals surface area contributed by atoms with Crippen molar-refractivity contribution >= 4 is 23.1 Å². The fraction of sp³-hybridized carbons (Fsp3) is 0.400. The second-order valence-corrected chi connectivity index (χ2v) is 5.16. The lowest BCUT2D eigenvalue weighted by Gasteiger charge is -2.25. The smallest absolute Gasteiger partial charge is 0.328 e. The third kappa shape index (κ3) is 3.14. The molecule has 0 spiro atoms. The van der Waals surface area contributed by atoms with Crippen LogP contribution in [0.15, 0.2) is 30.3 Å². The molecule has 2 rings (SSSR count). The molecule has 1 aromatic carbocycles. The summed E-state index contributed by atoms with van der Waals surface area (Å²) in [7, 11) is 0. The van der Waals surface area contributed by atoms with Gasteiger partial charge in [-0.15, -0.1) is 0 Å². The van der Waals surface area contributed by atoms with Gasteiger partial charge >= 0.3 is 5.97 Å². The van der Waals surface area contributed by atoms with E-state index in [9.17, 15) is 4.79 Å². The van der Waals surface area contributed by atoms with Gasteiger partial charge in [-0.3, -0.25) is 0 Å². The molecular weight excluding hydrogens is 248 g/mol. The number of benzene rings is 1. The number of carbonyl (C=O) groups is 1. The van der Waals surface area contributed by atoms with Crippen LogP contribution in [-0.4, -0.2) is 11.1 Å². The Labute approximate surface area is 112 Å². The van der Waals surface area contributed by atoms with Crippen LogP contribution < -0.4 is 0 Å². The monoisotopic (exact) mass is 264 g/mol. The van der Waals surface area contributed by atoms with Gasteiger partial charge in [0.1, 0.15) is 0 Å². The average Bonchev–Trinajstić information content (AvgIpc) is 2.38. The van der Waals surface area contributed by atoms with Crippen LogP contribution in [0.5, 0.6) is 0 Å². The molecular formula is C15H17ClO2. The summed E-state index contributed by atoms with van der Waals surface area (Å²) in [6, 6.07) is 7.49. The first-order chi connectivity index (χ1) is 8.68. The van der Waals surface area contributed by atoms with Crippen LogP contribution in [0.4, 0.5) is 0 Å². The predicted octanol–water partition coefficient (Wildman–Crippen LogP) is 4.39. The van der Waals surface area contributed by atoms with Crippen LogP contribution in [0.1, 0.15) is 37.7 Å². The molecule has 0 heterocycles. The van der Waals surface area contributed by atoms with Crippen LogP contribution in [0.25, 0.3) is 5.57 Å². The molecule has 0 bridgehead atoms. The van der Waals surface area contributed by atoms with Crippen LogP contribution in [0.2, 0.25) is 5.02 Å². The number of halogens is 1. The number of hydrogen-bond donors (Lipinski definition) is 1. The lowest BCUT2D eigenvalue weighted by atomic mass is 9.81. The second kappa shape index (κ2) is 6.05. The summed E-state index contributed by atoms with van der Waals surface area (Å²) in [5.41, 5.74) is 1.75. The van der Waals surface area contributed by atoms with Crippen LogP contribution in [-0.2, 0) is 4.79 Å². The van der Waals surface area contributed by atoms with Crippen molar-refractivity contribution in [2.24, 2.45) is 5.92 Å². The molecule has 1 saturated carbocycles. The Balaban J connectivity index is 2.36. The topological polar surface area (TPSA) is 37.3 Å². The molecule has 0 saturated heterocycles. The molecule has 0 aromatic heterocycles. The van der Waals surface area contributed by atoms with Gasteiger partial charge in [-0.1, -0.05) is 49.1 Å². The van der Waals surface area contributed by atoms with Crippen molar-refractivity contribution in [3.8, 4) is 0 Å². The van der Waals surface area contributed by atoms with Gasteiger partial charge in [0.05, 0.1) is 0 Å². The molecule has 18 heavy (non-hydrogen) atoms. The fourth-order valence-electron chi connectivity index (χ4n) is 2.66. The maximum atomic E-state index is 11.0. The number of carboxylic acids is 1. The summed E-state index contributed by atoms with van der Waals surface area (Å²) in [5.74, 6) is -0.565. The van der Waals surface area contributed by atoms with Gasteiger partial charge in [0.25, 0.3) is 0 Å². The summed E-state index contributed by atoms with van der Waals surface area (Å²) < 4.78 is 0. The van der Waals surface area contributed by atoms with Gasteiger partial charge in [-0.2, -0.15) is 0 Å². The van der Waals surface area contributed by atoms with Crippen molar-refractivity contribution < 1.29 is 9.90 Å². The first-order valence-electron chi connectivity index (χ1n) is 6.38. The third-order valence-corrected chi connectivity index (χ3v) is 3.84. The number of aliphatic carboxylic acids is 1. The molecule has 0 aliphatic heterocycles. The van der Waals surface area contributed by atoms with Gasteiger partial charge in [0.2, 0.25) is 0 Å². The second-order valence-electron chi connectivity index (χ2n) is 4.75. The summed E-state index contributed by atoms with van der Waals surface area (Å²) in [6.45, 7) is 0. The molecule has 0 amide bonds. The van der Waals surface area contributed by atoms with E-state index in [1.807, 2.05) is 24.3 Å². The summed E-state index contributed by atoms with van der Waals surface area (Å²) in [5, 5.41) is 9.68. The van der Waals surface area contributed by atoms with E-state index in [-0.39, 0.29) is 0 Å². The van der Waals surface area contributed by atoms with Gasteiger partial charge < -0.3 is 5.11 Å². The maximum absolute atomic E-state index is 11.0. The summed E-state index contributed by atoms with van der Waals surface area (Å²) in [6.07, 6.45) is 7.05. The van der Waals surface area contributed by atoms with Crippen molar-refractivity contribution in [1.29, 1.82) is 0 Å². The largest absolute Gasteiger partial charge is 0.478 e. The molecule has 1 aliphatic rings. The van der Waals surface area contributed by atoms with Gasteiger partial charge in [-0.05, 0) is 36.0 Å². The SMILES string of the molecule is O=C(O)/C=C(/c1ccccc1Cl)C1CCCCC1. The molecule has 96 valence electrons. The lowest BCUT2D eigenvalue weighted by molar-refractivity contribution is -0.131. The van der Waals surface area contributed by atoms with E-state index in [1.165, 1.54) is 25.3 Å². The van der Waals surface area contributed by atoms with E-state index < -0.39 is 5.97 Å². The highest BCUT2D eigenvalue weighted by atomic mass is 35.5. The lowest BCUT2D eigenvalue weighted by Crippen LogP contribution is -2.10. The first kappa shape index (κ1) is 13.2. The van der Waals surface area contributed by atoms with E-state index in [4.69, 9.17) is 16.7 Å². The molecule has 0 radical (unpaired) electrons. The van der Waals surface area contributed by atoms with Crippen molar-refractivity contribution in [3.05, 3.63) is 40.9 Å². The van der Waals surface area contributed by atoms with Crippen molar-refractivity contribution in [2.45, 2.75) is 32.1 Å². The Kier molecular flexibility index (Phi) is 4.43. The van der Waals surface area contributed by atoms with Gasteiger partial charge in [0, 0.05) is 11.1 Å². The zero-order valence-electron chi connectivity index (χ0n) is 10.2. The van der Waals surface area contributed by atoms with Gasteiger partial charge in [0.15, 0.2) is 0 Å². The minimum Gasteiger partial charge on any atom is -0.478 e. The predicted molar refractivity (Wildman–Crippen MR) is 73.6 cm³/mol. The van der Waals surface area contributed by atoms with E-state index in [0.29, 0.717) is 10.9 Å². The fourth-order valence-corrected chi connectivity index (χ4v) is 2.90.